The fourth-order valence-corrected chi connectivity index (χ4v) is 5.04. The normalized spacial score (nSPS) is 20.7. The van der Waals surface area contributed by atoms with Gasteiger partial charge in [-0.1, -0.05) is 45.0 Å². The highest BCUT2D eigenvalue weighted by molar-refractivity contribution is 5.68. The van der Waals surface area contributed by atoms with Gasteiger partial charge in [-0.3, -0.25) is 0 Å². The zero-order valence-corrected chi connectivity index (χ0v) is 20.7. The molecule has 174 valence electrons. The molecule has 0 unspecified atom stereocenters. The Hall–Kier alpha value is -2.30. The second kappa shape index (κ2) is 7.93. The van der Waals surface area contributed by atoms with Gasteiger partial charge in [0.1, 0.15) is 17.1 Å². The van der Waals surface area contributed by atoms with E-state index in [1.165, 1.54) is 24.0 Å². The van der Waals surface area contributed by atoms with Gasteiger partial charge in [0.15, 0.2) is 0 Å². The molecule has 1 fully saturated rings. The maximum atomic E-state index is 12.3. The first kappa shape index (κ1) is 22.9. The van der Waals surface area contributed by atoms with Crippen LogP contribution in [-0.4, -0.2) is 34.8 Å². The molecule has 0 saturated carbocycles. The standard InChI is InChI=1S/C27H38N2O3/c1-25(2,3)31-24(30)29-14-10-18(11-15-29)23-17-22(28-32-23)19-8-9-20-21(16-19)27(6,7)13-12-26(20,4)5/h8-9,16-18H,10-15H2,1-7H3. The summed E-state index contributed by atoms with van der Waals surface area (Å²) in [5.74, 6) is 1.20. The average Bonchev–Trinajstić information content (AvgIpc) is 3.20. The van der Waals surface area contributed by atoms with Crippen molar-refractivity contribution in [3.63, 3.8) is 0 Å². The van der Waals surface area contributed by atoms with E-state index in [1.807, 2.05) is 20.8 Å². The number of hydrogen-bond donors (Lipinski definition) is 0. The molecule has 5 heteroatoms. The van der Waals surface area contributed by atoms with E-state index < -0.39 is 5.60 Å². The van der Waals surface area contributed by atoms with Crippen molar-refractivity contribution < 1.29 is 14.1 Å². The first-order valence-corrected chi connectivity index (χ1v) is 12.0. The summed E-state index contributed by atoms with van der Waals surface area (Å²) >= 11 is 0. The molecule has 1 amide bonds. The molecule has 2 aromatic rings. The molecule has 5 nitrogen and oxygen atoms in total. The first-order valence-electron chi connectivity index (χ1n) is 12.0. The Kier molecular flexibility index (Phi) is 5.67. The Balaban J connectivity index is 1.48. The van der Waals surface area contributed by atoms with Crippen LogP contribution in [0.15, 0.2) is 28.8 Å². The quantitative estimate of drug-likeness (QED) is 0.517. The van der Waals surface area contributed by atoms with Crippen molar-refractivity contribution in [3.05, 3.63) is 41.2 Å². The molecule has 0 bridgehead atoms. The number of aromatic nitrogens is 1. The monoisotopic (exact) mass is 438 g/mol. The Morgan fingerprint density at radius 2 is 1.66 bits per heavy atom. The summed E-state index contributed by atoms with van der Waals surface area (Å²) in [6.45, 7) is 16.4. The van der Waals surface area contributed by atoms with Crippen LogP contribution < -0.4 is 0 Å². The minimum atomic E-state index is -0.466. The number of rotatable bonds is 2. The van der Waals surface area contributed by atoms with Crippen molar-refractivity contribution in [3.8, 4) is 11.3 Å². The molecule has 4 rings (SSSR count). The lowest BCUT2D eigenvalue weighted by Crippen LogP contribution is -2.41. The third-order valence-electron chi connectivity index (χ3n) is 7.23. The van der Waals surface area contributed by atoms with Crippen LogP contribution in [0.4, 0.5) is 4.79 Å². The summed E-state index contributed by atoms with van der Waals surface area (Å²) in [6.07, 6.45) is 3.89. The smallest absolute Gasteiger partial charge is 0.410 e. The summed E-state index contributed by atoms with van der Waals surface area (Å²) in [7, 11) is 0. The average molecular weight is 439 g/mol. The number of carbonyl (C=O) groups excluding carboxylic acids is 1. The van der Waals surface area contributed by atoms with Gasteiger partial charge in [0.05, 0.1) is 0 Å². The van der Waals surface area contributed by atoms with Gasteiger partial charge in [-0.25, -0.2) is 4.79 Å². The Labute approximate surface area is 192 Å². The maximum Gasteiger partial charge on any atom is 0.410 e. The van der Waals surface area contributed by atoms with Gasteiger partial charge in [0.2, 0.25) is 0 Å². The lowest BCUT2D eigenvalue weighted by Gasteiger charge is -2.42. The predicted molar refractivity (Wildman–Crippen MR) is 127 cm³/mol. The molecule has 0 N–H and O–H groups in total. The van der Waals surface area contributed by atoms with E-state index in [0.717, 1.165) is 29.9 Å². The summed E-state index contributed by atoms with van der Waals surface area (Å²) in [6, 6.07) is 8.90. The van der Waals surface area contributed by atoms with E-state index in [2.05, 4.69) is 57.1 Å². The topological polar surface area (TPSA) is 55.6 Å². The molecule has 0 atom stereocenters. The number of fused-ring (bicyclic) bond motifs is 1. The summed E-state index contributed by atoms with van der Waals surface area (Å²) in [4.78, 5) is 14.1. The number of nitrogens with zero attached hydrogens (tertiary/aromatic N) is 2. The van der Waals surface area contributed by atoms with Crippen LogP contribution in [0.2, 0.25) is 0 Å². The molecule has 1 aliphatic carbocycles. The van der Waals surface area contributed by atoms with Gasteiger partial charge in [-0.2, -0.15) is 0 Å². The van der Waals surface area contributed by atoms with Gasteiger partial charge in [0.25, 0.3) is 0 Å². The van der Waals surface area contributed by atoms with Gasteiger partial charge >= 0.3 is 6.09 Å². The maximum absolute atomic E-state index is 12.3. The molecule has 0 spiro atoms. The van der Waals surface area contributed by atoms with Crippen LogP contribution in [0.25, 0.3) is 11.3 Å². The van der Waals surface area contributed by atoms with E-state index in [0.29, 0.717) is 13.1 Å². The highest BCUT2D eigenvalue weighted by Crippen LogP contribution is 2.46. The highest BCUT2D eigenvalue weighted by atomic mass is 16.6. The molecule has 1 aromatic carbocycles. The number of ether oxygens (including phenoxy) is 1. The number of carbonyl (C=O) groups is 1. The van der Waals surface area contributed by atoms with Crippen LogP contribution in [-0.2, 0) is 15.6 Å². The Morgan fingerprint density at radius 3 is 2.28 bits per heavy atom. The number of hydrogen-bond acceptors (Lipinski definition) is 4. The Morgan fingerprint density at radius 1 is 1.03 bits per heavy atom. The van der Waals surface area contributed by atoms with Crippen molar-refractivity contribution in [1.82, 2.24) is 10.1 Å². The molecular formula is C27H38N2O3. The molecule has 2 heterocycles. The van der Waals surface area contributed by atoms with Crippen LogP contribution in [0.5, 0.6) is 0 Å². The van der Waals surface area contributed by atoms with E-state index in [4.69, 9.17) is 9.26 Å². The zero-order chi connectivity index (χ0) is 23.3. The molecule has 2 aliphatic rings. The zero-order valence-electron chi connectivity index (χ0n) is 20.7. The summed E-state index contributed by atoms with van der Waals surface area (Å²) in [5, 5.41) is 4.42. The largest absolute Gasteiger partial charge is 0.444 e. The van der Waals surface area contributed by atoms with Gasteiger partial charge in [-0.05, 0) is 74.5 Å². The first-order chi connectivity index (χ1) is 14.9. The van der Waals surface area contributed by atoms with E-state index in [-0.39, 0.29) is 22.8 Å². The van der Waals surface area contributed by atoms with E-state index in [9.17, 15) is 4.79 Å². The molecule has 32 heavy (non-hydrogen) atoms. The molecule has 1 aromatic heterocycles. The Bertz CT molecular complexity index is 989. The SMILES string of the molecule is CC(C)(C)OC(=O)N1CCC(c2cc(-c3ccc4c(c3)C(C)(C)CCC4(C)C)no2)CC1. The second-order valence-corrected chi connectivity index (χ2v) is 11.9. The van der Waals surface area contributed by atoms with Crippen molar-refractivity contribution in [2.24, 2.45) is 0 Å². The minimum absolute atomic E-state index is 0.169. The lowest BCUT2D eigenvalue weighted by molar-refractivity contribution is 0.0199. The fraction of sp³-hybridized carbons (Fsp3) is 0.630. The fourth-order valence-electron chi connectivity index (χ4n) is 5.04. The molecular weight excluding hydrogens is 400 g/mol. The van der Waals surface area contributed by atoms with Gasteiger partial charge in [0, 0.05) is 30.6 Å². The highest BCUT2D eigenvalue weighted by Gasteiger charge is 2.37. The summed E-state index contributed by atoms with van der Waals surface area (Å²) < 4.78 is 11.3. The molecule has 1 saturated heterocycles. The number of likely N-dealkylation sites (tertiary alicyclic amines) is 1. The minimum Gasteiger partial charge on any atom is -0.444 e. The van der Waals surface area contributed by atoms with Crippen LogP contribution in [0, 0.1) is 0 Å². The molecule has 0 radical (unpaired) electrons. The number of amides is 1. The van der Waals surface area contributed by atoms with Gasteiger partial charge < -0.3 is 14.2 Å². The van der Waals surface area contributed by atoms with Crippen molar-refractivity contribution in [2.45, 2.75) is 96.5 Å². The second-order valence-electron chi connectivity index (χ2n) is 11.9. The number of benzene rings is 1. The van der Waals surface area contributed by atoms with Crippen molar-refractivity contribution in [2.75, 3.05) is 13.1 Å². The van der Waals surface area contributed by atoms with Crippen molar-refractivity contribution >= 4 is 6.09 Å². The van der Waals surface area contributed by atoms with E-state index in [1.54, 1.807) is 4.90 Å². The number of piperidine rings is 1. The third-order valence-corrected chi connectivity index (χ3v) is 7.23. The predicted octanol–water partition coefficient (Wildman–Crippen LogP) is 6.81. The van der Waals surface area contributed by atoms with Crippen molar-refractivity contribution in [1.29, 1.82) is 0 Å². The lowest BCUT2D eigenvalue weighted by atomic mass is 9.63. The third kappa shape index (κ3) is 4.57. The summed E-state index contributed by atoms with van der Waals surface area (Å²) in [5.41, 5.74) is 4.82. The van der Waals surface area contributed by atoms with E-state index >= 15 is 0 Å². The van der Waals surface area contributed by atoms with Crippen LogP contribution in [0.3, 0.4) is 0 Å². The van der Waals surface area contributed by atoms with Crippen LogP contribution in [0.1, 0.15) is 97.0 Å². The van der Waals surface area contributed by atoms with Gasteiger partial charge in [-0.15, -0.1) is 0 Å². The van der Waals surface area contributed by atoms with Crippen LogP contribution >= 0.6 is 0 Å². The molecule has 1 aliphatic heterocycles.